The van der Waals surface area contributed by atoms with Crippen molar-refractivity contribution < 1.29 is 18.0 Å². The second-order valence-electron chi connectivity index (χ2n) is 9.76. The summed E-state index contributed by atoms with van der Waals surface area (Å²) < 4.78 is 42.9. The van der Waals surface area contributed by atoms with E-state index in [9.17, 15) is 18.0 Å². The van der Waals surface area contributed by atoms with E-state index in [0.29, 0.717) is 35.8 Å². The highest BCUT2D eigenvalue weighted by Crippen LogP contribution is 2.34. The molecule has 1 amide bonds. The Hall–Kier alpha value is -4.10. The number of nitrogens with one attached hydrogen (secondary N) is 3. The molecule has 4 heterocycles. The molecule has 39 heavy (non-hydrogen) atoms. The topological polar surface area (TPSA) is 93.6 Å². The molecule has 13 heteroatoms. The molecule has 0 aliphatic carbocycles. The molecule has 2 aliphatic rings. The highest BCUT2D eigenvalue weighted by Gasteiger charge is 2.33. The number of pyridine rings is 1. The number of hydrazine groups is 2. The molecule has 10 nitrogen and oxygen atoms in total. The summed E-state index contributed by atoms with van der Waals surface area (Å²) in [6, 6.07) is 5.21. The molecule has 0 spiro atoms. The van der Waals surface area contributed by atoms with E-state index in [0.717, 1.165) is 42.2 Å². The van der Waals surface area contributed by atoms with Crippen LogP contribution in [0.2, 0.25) is 0 Å². The van der Waals surface area contributed by atoms with Crippen LogP contribution in [-0.4, -0.2) is 58.8 Å². The van der Waals surface area contributed by atoms with Gasteiger partial charge in [0, 0.05) is 61.9 Å². The van der Waals surface area contributed by atoms with Crippen LogP contribution in [0.25, 0.3) is 5.70 Å². The van der Waals surface area contributed by atoms with E-state index in [2.05, 4.69) is 31.3 Å². The average molecular weight is 542 g/mol. The summed E-state index contributed by atoms with van der Waals surface area (Å²) in [5, 5.41) is 8.70. The SMILES string of the molecule is Cc1ncc(NC(=O)c2cc(N3CCN(C)CC3)cc(C(F)(F)F)c2)cc1N1C=C(c2cnn(C)c2C)NN1. The molecule has 2 aliphatic heterocycles. The number of amides is 1. The van der Waals surface area contributed by atoms with E-state index in [4.69, 9.17) is 0 Å². The molecule has 206 valence electrons. The van der Waals surface area contributed by atoms with Crippen LogP contribution in [0.5, 0.6) is 0 Å². The number of benzene rings is 1. The Bertz CT molecular complexity index is 1420. The molecule has 0 unspecified atom stereocenters. The number of likely N-dealkylation sites (N-methyl/N-ethyl adjacent to an activating group) is 1. The highest BCUT2D eigenvalue weighted by molar-refractivity contribution is 6.05. The minimum absolute atomic E-state index is 0.0731. The zero-order valence-electron chi connectivity index (χ0n) is 22.1. The first-order chi connectivity index (χ1) is 18.5. The summed E-state index contributed by atoms with van der Waals surface area (Å²) in [6.45, 7) is 6.39. The lowest BCUT2D eigenvalue weighted by Crippen LogP contribution is -2.44. The van der Waals surface area contributed by atoms with E-state index in [1.54, 1.807) is 22.0 Å². The Balaban J connectivity index is 1.39. The van der Waals surface area contributed by atoms with E-state index in [1.165, 1.54) is 12.3 Å². The number of alkyl halides is 3. The normalized spacial score (nSPS) is 16.3. The van der Waals surface area contributed by atoms with E-state index in [-0.39, 0.29) is 5.56 Å². The number of aromatic nitrogens is 3. The fourth-order valence-electron chi connectivity index (χ4n) is 4.53. The van der Waals surface area contributed by atoms with Crippen LogP contribution in [0.4, 0.5) is 30.2 Å². The number of aryl methyl sites for hydroxylation is 2. The van der Waals surface area contributed by atoms with Crippen molar-refractivity contribution >= 4 is 28.7 Å². The maximum atomic E-state index is 13.7. The molecular weight excluding hydrogens is 511 g/mol. The lowest BCUT2D eigenvalue weighted by molar-refractivity contribution is -0.137. The molecule has 2 aromatic heterocycles. The van der Waals surface area contributed by atoms with E-state index in [1.807, 2.05) is 39.0 Å². The molecule has 0 saturated carbocycles. The van der Waals surface area contributed by atoms with Gasteiger partial charge in [-0.1, -0.05) is 0 Å². The summed E-state index contributed by atoms with van der Waals surface area (Å²) in [5.41, 5.74) is 9.97. The van der Waals surface area contributed by atoms with Crippen LogP contribution in [0.15, 0.2) is 42.9 Å². The van der Waals surface area contributed by atoms with Crippen LogP contribution in [0.3, 0.4) is 0 Å². The standard InChI is InChI=1S/C26H30F3N9O/c1-16-24(38-15-23(33-34-38)22-14-31-36(4)17(22)2)12-20(13-30-16)32-25(39)18-9-19(26(27,28)29)11-21(10-18)37-7-5-35(3)6-8-37/h9-15,33-34H,5-8H2,1-4H3,(H,32,39). The van der Waals surface area contributed by atoms with Crippen molar-refractivity contribution in [2.24, 2.45) is 7.05 Å². The zero-order valence-corrected chi connectivity index (χ0v) is 22.1. The Kier molecular flexibility index (Phi) is 6.95. The third-order valence-corrected chi connectivity index (χ3v) is 7.05. The summed E-state index contributed by atoms with van der Waals surface area (Å²) in [6.07, 6.45) is 0.494. The molecule has 1 aromatic carbocycles. The van der Waals surface area contributed by atoms with Gasteiger partial charge in [-0.15, -0.1) is 5.53 Å². The number of anilines is 3. The number of hydrogen-bond acceptors (Lipinski definition) is 8. The number of carbonyl (C=O) groups excluding carboxylic acids is 1. The maximum Gasteiger partial charge on any atom is 0.416 e. The van der Waals surface area contributed by atoms with Crippen molar-refractivity contribution in [3.8, 4) is 0 Å². The Labute approximate surface area is 224 Å². The average Bonchev–Trinajstić information content (AvgIpc) is 3.51. The molecule has 1 fully saturated rings. The number of piperazine rings is 1. The Morgan fingerprint density at radius 1 is 1.03 bits per heavy atom. The molecular formula is C26H30F3N9O. The van der Waals surface area contributed by atoms with Crippen LogP contribution in [0, 0.1) is 13.8 Å². The van der Waals surface area contributed by atoms with Crippen LogP contribution >= 0.6 is 0 Å². The second kappa shape index (κ2) is 10.2. The first-order valence-corrected chi connectivity index (χ1v) is 12.4. The molecule has 5 rings (SSSR count). The third-order valence-electron chi connectivity index (χ3n) is 7.05. The molecule has 0 atom stereocenters. The number of nitrogens with zero attached hydrogens (tertiary/aromatic N) is 6. The van der Waals surface area contributed by atoms with Gasteiger partial charge in [0.25, 0.3) is 5.91 Å². The first-order valence-electron chi connectivity index (χ1n) is 12.4. The lowest BCUT2D eigenvalue weighted by atomic mass is 10.1. The van der Waals surface area contributed by atoms with Crippen molar-refractivity contribution in [1.82, 2.24) is 30.6 Å². The van der Waals surface area contributed by atoms with Crippen LogP contribution in [0.1, 0.15) is 32.9 Å². The van der Waals surface area contributed by atoms with Crippen molar-refractivity contribution in [2.75, 3.05) is 48.5 Å². The number of halogens is 3. The first kappa shape index (κ1) is 26.5. The van der Waals surface area contributed by atoms with E-state index >= 15 is 0 Å². The summed E-state index contributed by atoms with van der Waals surface area (Å²) >= 11 is 0. The molecule has 1 saturated heterocycles. The third kappa shape index (κ3) is 5.54. The minimum Gasteiger partial charge on any atom is -0.369 e. The van der Waals surface area contributed by atoms with Crippen molar-refractivity contribution in [3.05, 3.63) is 70.9 Å². The number of hydrogen-bond donors (Lipinski definition) is 3. The fraction of sp³-hybridized carbons (Fsp3) is 0.346. The van der Waals surface area contributed by atoms with Gasteiger partial charge in [-0.05, 0) is 45.2 Å². The number of rotatable bonds is 5. The Morgan fingerprint density at radius 2 is 1.77 bits per heavy atom. The molecule has 0 radical (unpaired) electrons. The van der Waals surface area contributed by atoms with Gasteiger partial charge in [0.1, 0.15) is 0 Å². The summed E-state index contributed by atoms with van der Waals surface area (Å²) in [7, 11) is 3.83. The van der Waals surface area contributed by atoms with Gasteiger partial charge in [0.15, 0.2) is 0 Å². The van der Waals surface area contributed by atoms with Crippen LogP contribution in [-0.2, 0) is 13.2 Å². The maximum absolute atomic E-state index is 13.7. The quantitative estimate of drug-likeness (QED) is 0.453. The fourth-order valence-corrected chi connectivity index (χ4v) is 4.53. The van der Waals surface area contributed by atoms with Gasteiger partial charge in [0.05, 0.1) is 40.7 Å². The zero-order chi connectivity index (χ0) is 27.9. The predicted octanol–water partition coefficient (Wildman–Crippen LogP) is 3.28. The van der Waals surface area contributed by atoms with Crippen molar-refractivity contribution in [2.45, 2.75) is 20.0 Å². The van der Waals surface area contributed by atoms with Crippen LogP contribution < -0.4 is 26.2 Å². The molecule has 3 N–H and O–H groups in total. The van der Waals surface area contributed by atoms with Crippen molar-refractivity contribution in [1.29, 1.82) is 0 Å². The lowest BCUT2D eigenvalue weighted by Gasteiger charge is -2.34. The van der Waals surface area contributed by atoms with Gasteiger partial charge in [-0.25, -0.2) is 0 Å². The molecule has 0 bridgehead atoms. The van der Waals surface area contributed by atoms with E-state index < -0.39 is 17.6 Å². The smallest absolute Gasteiger partial charge is 0.369 e. The largest absolute Gasteiger partial charge is 0.416 e. The monoisotopic (exact) mass is 541 g/mol. The predicted molar refractivity (Wildman–Crippen MR) is 143 cm³/mol. The second-order valence-corrected chi connectivity index (χ2v) is 9.76. The van der Waals surface area contributed by atoms with Gasteiger partial charge in [-0.2, -0.15) is 18.3 Å². The van der Waals surface area contributed by atoms with Gasteiger partial charge < -0.3 is 20.5 Å². The van der Waals surface area contributed by atoms with Gasteiger partial charge in [-0.3, -0.25) is 19.5 Å². The number of carbonyl (C=O) groups is 1. The van der Waals surface area contributed by atoms with Gasteiger partial charge in [0.2, 0.25) is 0 Å². The molecule has 3 aromatic rings. The highest BCUT2D eigenvalue weighted by atomic mass is 19.4. The van der Waals surface area contributed by atoms with Crippen molar-refractivity contribution in [3.63, 3.8) is 0 Å². The Morgan fingerprint density at radius 3 is 2.44 bits per heavy atom. The summed E-state index contributed by atoms with van der Waals surface area (Å²) in [5.74, 6) is -0.650. The minimum atomic E-state index is -4.58. The van der Waals surface area contributed by atoms with Gasteiger partial charge >= 0.3 is 6.18 Å². The summed E-state index contributed by atoms with van der Waals surface area (Å²) in [4.78, 5) is 21.5.